The van der Waals surface area contributed by atoms with Gasteiger partial charge in [-0.1, -0.05) is 24.3 Å². The van der Waals surface area contributed by atoms with Gasteiger partial charge in [0.05, 0.1) is 0 Å². The average molecular weight is 211 g/mol. The number of nitrogens with two attached hydrogens (primary N) is 1. The molecular formula is C13H13N3. The van der Waals surface area contributed by atoms with Gasteiger partial charge in [0.15, 0.2) is 0 Å². The van der Waals surface area contributed by atoms with E-state index in [1.165, 1.54) is 10.9 Å². The van der Waals surface area contributed by atoms with E-state index >= 15 is 0 Å². The van der Waals surface area contributed by atoms with E-state index in [0.717, 1.165) is 0 Å². The number of aromatic nitrogens is 2. The maximum absolute atomic E-state index is 5.25. The van der Waals surface area contributed by atoms with Crippen LogP contribution in [0.2, 0.25) is 0 Å². The molecule has 0 spiro atoms. The lowest BCUT2D eigenvalue weighted by atomic mass is 10.3. The predicted molar refractivity (Wildman–Crippen MR) is 66.9 cm³/mol. The van der Waals surface area contributed by atoms with E-state index < -0.39 is 0 Å². The first kappa shape index (κ1) is 10.2. The van der Waals surface area contributed by atoms with E-state index in [0.29, 0.717) is 5.82 Å². The molecule has 0 unspecified atom stereocenters. The number of pyridine rings is 1. The fourth-order valence-corrected chi connectivity index (χ4v) is 1.37. The van der Waals surface area contributed by atoms with Crippen LogP contribution in [0.3, 0.4) is 0 Å². The average Bonchev–Trinajstić information content (AvgIpc) is 2.79. The second kappa shape index (κ2) is 4.98. The summed E-state index contributed by atoms with van der Waals surface area (Å²) in [6, 6.07) is 15.7. The van der Waals surface area contributed by atoms with Crippen LogP contribution in [0, 0.1) is 0 Å². The largest absolute Gasteiger partial charge is 0.384 e. The molecule has 3 nitrogen and oxygen atoms in total. The Kier molecular flexibility index (Phi) is 3.18. The van der Waals surface area contributed by atoms with Crippen LogP contribution in [-0.2, 0) is 0 Å². The van der Waals surface area contributed by atoms with E-state index in [1.807, 2.05) is 30.5 Å². The fourth-order valence-electron chi connectivity index (χ4n) is 1.37. The molecule has 80 valence electrons. The monoisotopic (exact) mass is 211 g/mol. The lowest BCUT2D eigenvalue weighted by Crippen LogP contribution is -1.85. The highest BCUT2D eigenvalue weighted by molar-refractivity contribution is 5.78. The summed E-state index contributed by atoms with van der Waals surface area (Å²) < 4.78 is 0. The number of para-hydroxylation sites is 1. The molecule has 0 saturated carbocycles. The standard InChI is InChI=1S/C8H7N.C5H6N2/c1-2-4-8-7(3-1)5-6-9-8;6-5-3-1-2-4-7-5/h1-6,9H;1-4H,(H2,6,7). The zero-order valence-electron chi connectivity index (χ0n) is 8.80. The third kappa shape index (κ3) is 2.60. The first-order valence-corrected chi connectivity index (χ1v) is 5.05. The van der Waals surface area contributed by atoms with Crippen molar-refractivity contribution in [1.29, 1.82) is 0 Å². The Morgan fingerprint density at radius 2 is 1.75 bits per heavy atom. The molecule has 3 rings (SSSR count). The van der Waals surface area contributed by atoms with Crippen molar-refractivity contribution in [3.8, 4) is 0 Å². The molecule has 3 aromatic rings. The number of nitrogens with one attached hydrogen (secondary N) is 1. The van der Waals surface area contributed by atoms with Crippen molar-refractivity contribution in [3.63, 3.8) is 0 Å². The van der Waals surface area contributed by atoms with Gasteiger partial charge in [0.1, 0.15) is 5.82 Å². The fraction of sp³-hybridized carbons (Fsp3) is 0. The molecule has 3 N–H and O–H groups in total. The first-order chi connectivity index (χ1) is 7.86. The van der Waals surface area contributed by atoms with Crippen LogP contribution in [-0.4, -0.2) is 9.97 Å². The van der Waals surface area contributed by atoms with Crippen molar-refractivity contribution in [2.75, 3.05) is 5.73 Å². The third-order valence-electron chi connectivity index (χ3n) is 2.15. The molecule has 1 aromatic carbocycles. The number of rotatable bonds is 0. The van der Waals surface area contributed by atoms with Crippen LogP contribution in [0.4, 0.5) is 5.82 Å². The molecule has 0 amide bonds. The highest BCUT2D eigenvalue weighted by Crippen LogP contribution is 2.09. The number of nitrogen functional groups attached to an aromatic ring is 1. The molecule has 2 heterocycles. The number of H-pyrrole nitrogens is 1. The van der Waals surface area contributed by atoms with Gasteiger partial charge in [-0.05, 0) is 29.7 Å². The van der Waals surface area contributed by atoms with Crippen LogP contribution >= 0.6 is 0 Å². The van der Waals surface area contributed by atoms with Gasteiger partial charge in [0.2, 0.25) is 0 Å². The number of anilines is 1. The minimum absolute atomic E-state index is 0.572. The topological polar surface area (TPSA) is 54.7 Å². The molecule has 3 heteroatoms. The predicted octanol–water partition coefficient (Wildman–Crippen LogP) is 2.83. The molecule has 0 aliphatic heterocycles. The summed E-state index contributed by atoms with van der Waals surface area (Å²) in [5.41, 5.74) is 6.45. The number of hydrogen-bond acceptors (Lipinski definition) is 2. The van der Waals surface area contributed by atoms with Gasteiger partial charge in [-0.15, -0.1) is 0 Å². The summed E-state index contributed by atoms with van der Waals surface area (Å²) in [6.45, 7) is 0. The SMILES string of the molecule is Nc1ccccn1.c1ccc2[nH]ccc2c1. The highest BCUT2D eigenvalue weighted by atomic mass is 14.8. The zero-order valence-corrected chi connectivity index (χ0v) is 8.80. The van der Waals surface area contributed by atoms with Crippen LogP contribution in [0.25, 0.3) is 10.9 Å². The third-order valence-corrected chi connectivity index (χ3v) is 2.15. The van der Waals surface area contributed by atoms with Gasteiger partial charge in [-0.2, -0.15) is 0 Å². The molecule has 0 aliphatic carbocycles. The van der Waals surface area contributed by atoms with E-state index in [2.05, 4.69) is 28.2 Å². The number of hydrogen-bond donors (Lipinski definition) is 2. The zero-order chi connectivity index (χ0) is 11.2. The minimum Gasteiger partial charge on any atom is -0.384 e. The van der Waals surface area contributed by atoms with Crippen molar-refractivity contribution in [3.05, 3.63) is 60.9 Å². The molecule has 0 aliphatic rings. The van der Waals surface area contributed by atoms with E-state index in [9.17, 15) is 0 Å². The van der Waals surface area contributed by atoms with Gasteiger partial charge in [0, 0.05) is 17.9 Å². The highest BCUT2D eigenvalue weighted by Gasteiger charge is 1.86. The van der Waals surface area contributed by atoms with Gasteiger partial charge in [0.25, 0.3) is 0 Å². The summed E-state index contributed by atoms with van der Waals surface area (Å²) in [7, 11) is 0. The van der Waals surface area contributed by atoms with Crippen LogP contribution in [0.5, 0.6) is 0 Å². The lowest BCUT2D eigenvalue weighted by molar-refractivity contribution is 1.34. The van der Waals surface area contributed by atoms with Crippen LogP contribution in [0.1, 0.15) is 0 Å². The second-order valence-corrected chi connectivity index (χ2v) is 3.32. The number of nitrogens with zero attached hydrogens (tertiary/aromatic N) is 1. The smallest absolute Gasteiger partial charge is 0.123 e. The van der Waals surface area contributed by atoms with E-state index in [4.69, 9.17) is 5.73 Å². The van der Waals surface area contributed by atoms with Crippen molar-refractivity contribution in [2.24, 2.45) is 0 Å². The van der Waals surface area contributed by atoms with Crippen molar-refractivity contribution < 1.29 is 0 Å². The van der Waals surface area contributed by atoms with Gasteiger partial charge >= 0.3 is 0 Å². The van der Waals surface area contributed by atoms with Crippen LogP contribution in [0.15, 0.2) is 60.9 Å². The van der Waals surface area contributed by atoms with Crippen molar-refractivity contribution >= 4 is 16.7 Å². The summed E-state index contributed by atoms with van der Waals surface area (Å²) in [6.07, 6.45) is 3.61. The van der Waals surface area contributed by atoms with Gasteiger partial charge in [-0.25, -0.2) is 4.98 Å². The molecule has 2 aromatic heterocycles. The molecule has 0 fully saturated rings. The summed E-state index contributed by atoms with van der Waals surface area (Å²) in [5, 5.41) is 1.28. The summed E-state index contributed by atoms with van der Waals surface area (Å²) >= 11 is 0. The summed E-state index contributed by atoms with van der Waals surface area (Å²) in [5.74, 6) is 0.572. The number of fused-ring (bicyclic) bond motifs is 1. The Bertz CT molecular complexity index is 513. The summed E-state index contributed by atoms with van der Waals surface area (Å²) in [4.78, 5) is 6.88. The molecular weight excluding hydrogens is 198 g/mol. The Hall–Kier alpha value is -2.29. The number of aromatic amines is 1. The normalized spacial score (nSPS) is 9.50. The quantitative estimate of drug-likeness (QED) is 0.600. The maximum Gasteiger partial charge on any atom is 0.123 e. The second-order valence-electron chi connectivity index (χ2n) is 3.32. The Morgan fingerprint density at radius 1 is 0.938 bits per heavy atom. The molecule has 0 atom stereocenters. The molecule has 0 bridgehead atoms. The van der Waals surface area contributed by atoms with Crippen LogP contribution < -0.4 is 5.73 Å². The maximum atomic E-state index is 5.25. The molecule has 16 heavy (non-hydrogen) atoms. The Morgan fingerprint density at radius 3 is 2.38 bits per heavy atom. The van der Waals surface area contributed by atoms with Crippen molar-refractivity contribution in [2.45, 2.75) is 0 Å². The van der Waals surface area contributed by atoms with E-state index in [-0.39, 0.29) is 0 Å². The Balaban J connectivity index is 0.000000125. The first-order valence-electron chi connectivity index (χ1n) is 5.05. The van der Waals surface area contributed by atoms with E-state index in [1.54, 1.807) is 12.3 Å². The molecule has 0 saturated heterocycles. The van der Waals surface area contributed by atoms with Gasteiger partial charge < -0.3 is 10.7 Å². The lowest BCUT2D eigenvalue weighted by Gasteiger charge is -1.83. The number of benzene rings is 1. The van der Waals surface area contributed by atoms with Crippen molar-refractivity contribution in [1.82, 2.24) is 9.97 Å². The van der Waals surface area contributed by atoms with Gasteiger partial charge in [-0.3, -0.25) is 0 Å². The minimum atomic E-state index is 0.572. The Labute approximate surface area is 93.9 Å². The molecule has 0 radical (unpaired) electrons.